The van der Waals surface area contributed by atoms with Crippen LogP contribution in [-0.4, -0.2) is 42.3 Å². The maximum atomic E-state index is 6.14. The molecule has 1 aliphatic rings. The quantitative estimate of drug-likeness (QED) is 0.779. The molecule has 3 rings (SSSR count). The number of hydrogen-bond donors (Lipinski definition) is 0. The van der Waals surface area contributed by atoms with Crippen molar-refractivity contribution in [1.82, 2.24) is 9.91 Å². The lowest BCUT2D eigenvalue weighted by Gasteiger charge is -2.33. The zero-order valence-corrected chi connectivity index (χ0v) is 14.5. The van der Waals surface area contributed by atoms with E-state index in [0.717, 1.165) is 43.3 Å². The van der Waals surface area contributed by atoms with Gasteiger partial charge in [-0.25, -0.2) is 0 Å². The Hall–Kier alpha value is -1.55. The third kappa shape index (κ3) is 5.24. The Morgan fingerprint density at radius 3 is 2.26 bits per heavy atom. The molecule has 1 fully saturated rings. The molecule has 0 atom stereocenters. The summed E-state index contributed by atoms with van der Waals surface area (Å²) in [6.45, 7) is 4.99. The molecule has 0 aliphatic carbocycles. The molecule has 2 aromatic rings. The van der Waals surface area contributed by atoms with Gasteiger partial charge in [-0.3, -0.25) is 9.91 Å². The lowest BCUT2D eigenvalue weighted by atomic mass is 10.2. The van der Waals surface area contributed by atoms with Crippen LogP contribution in [0.1, 0.15) is 11.1 Å². The molecule has 0 N–H and O–H groups in total. The van der Waals surface area contributed by atoms with E-state index in [1.165, 1.54) is 5.56 Å². The largest absolute Gasteiger partial charge is 0.295 e. The van der Waals surface area contributed by atoms with Crippen LogP contribution in [0.3, 0.4) is 0 Å². The van der Waals surface area contributed by atoms with Crippen molar-refractivity contribution >= 4 is 30.2 Å². The first kappa shape index (κ1) is 17.8. The molecule has 122 valence electrons. The van der Waals surface area contributed by atoms with Gasteiger partial charge in [-0.15, -0.1) is 12.4 Å². The van der Waals surface area contributed by atoms with Gasteiger partial charge in [0.05, 0.1) is 6.21 Å². The molecule has 2 aromatic carbocycles. The van der Waals surface area contributed by atoms with Crippen molar-refractivity contribution in [3.63, 3.8) is 0 Å². The van der Waals surface area contributed by atoms with Crippen LogP contribution in [-0.2, 0) is 6.54 Å². The molecule has 5 heteroatoms. The van der Waals surface area contributed by atoms with E-state index < -0.39 is 0 Å². The molecule has 1 saturated heterocycles. The maximum Gasteiger partial charge on any atom is 0.0557 e. The van der Waals surface area contributed by atoms with Crippen molar-refractivity contribution < 1.29 is 0 Å². The van der Waals surface area contributed by atoms with Gasteiger partial charge in [-0.05, 0) is 11.6 Å². The van der Waals surface area contributed by atoms with E-state index in [-0.39, 0.29) is 12.4 Å². The third-order valence-corrected chi connectivity index (χ3v) is 4.21. The summed E-state index contributed by atoms with van der Waals surface area (Å²) in [6, 6.07) is 18.4. The van der Waals surface area contributed by atoms with Gasteiger partial charge in [0, 0.05) is 43.3 Å². The first-order valence-corrected chi connectivity index (χ1v) is 7.99. The standard InChI is InChI=1S/C18H20ClN3.ClH/c19-18-9-5-4-8-17(18)14-20-22-12-10-21(11-13-22)15-16-6-2-1-3-7-16;/h1-9,14H,10-13,15H2;1H/b20-14+;. The first-order valence-electron chi connectivity index (χ1n) is 7.61. The molecule has 0 radical (unpaired) electrons. The first-order chi connectivity index (χ1) is 10.8. The third-order valence-electron chi connectivity index (χ3n) is 3.86. The topological polar surface area (TPSA) is 18.8 Å². The van der Waals surface area contributed by atoms with Gasteiger partial charge >= 0.3 is 0 Å². The van der Waals surface area contributed by atoms with Crippen molar-refractivity contribution in [3.05, 3.63) is 70.7 Å². The number of nitrogens with zero attached hydrogens (tertiary/aromatic N) is 3. The van der Waals surface area contributed by atoms with Crippen LogP contribution in [0, 0.1) is 0 Å². The summed E-state index contributed by atoms with van der Waals surface area (Å²) in [5.74, 6) is 0. The van der Waals surface area contributed by atoms with Gasteiger partial charge in [0.25, 0.3) is 0 Å². The second-order valence-electron chi connectivity index (χ2n) is 5.48. The molecule has 23 heavy (non-hydrogen) atoms. The van der Waals surface area contributed by atoms with E-state index in [4.69, 9.17) is 11.6 Å². The van der Waals surface area contributed by atoms with E-state index in [1.54, 1.807) is 0 Å². The summed E-state index contributed by atoms with van der Waals surface area (Å²) in [4.78, 5) is 2.47. The maximum absolute atomic E-state index is 6.14. The molecule has 0 bridgehead atoms. The lowest BCUT2D eigenvalue weighted by molar-refractivity contribution is 0.131. The number of rotatable bonds is 4. The number of hydrazone groups is 1. The van der Waals surface area contributed by atoms with Gasteiger partial charge < -0.3 is 0 Å². The van der Waals surface area contributed by atoms with E-state index in [9.17, 15) is 0 Å². The molecule has 0 spiro atoms. The minimum absolute atomic E-state index is 0. The van der Waals surface area contributed by atoms with Crippen molar-refractivity contribution in [2.75, 3.05) is 26.2 Å². The van der Waals surface area contributed by atoms with Gasteiger partial charge in [-0.2, -0.15) is 5.10 Å². The van der Waals surface area contributed by atoms with E-state index in [2.05, 4.69) is 45.3 Å². The summed E-state index contributed by atoms with van der Waals surface area (Å²) in [6.07, 6.45) is 1.86. The zero-order valence-electron chi connectivity index (χ0n) is 12.9. The van der Waals surface area contributed by atoms with Crippen LogP contribution in [0.15, 0.2) is 59.7 Å². The Morgan fingerprint density at radius 2 is 1.57 bits per heavy atom. The van der Waals surface area contributed by atoms with Crippen LogP contribution >= 0.6 is 24.0 Å². The highest BCUT2D eigenvalue weighted by atomic mass is 35.5. The van der Waals surface area contributed by atoms with Gasteiger partial charge in [-0.1, -0.05) is 60.1 Å². The molecule has 0 amide bonds. The SMILES string of the molecule is Cl.Clc1ccccc1/C=N/N1CCN(Cc2ccccc2)CC1. The van der Waals surface area contributed by atoms with Crippen LogP contribution in [0.25, 0.3) is 0 Å². The highest BCUT2D eigenvalue weighted by Crippen LogP contribution is 2.13. The Morgan fingerprint density at radius 1 is 0.913 bits per heavy atom. The number of benzene rings is 2. The second-order valence-corrected chi connectivity index (χ2v) is 5.89. The molecule has 1 heterocycles. The summed E-state index contributed by atoms with van der Waals surface area (Å²) >= 11 is 6.14. The summed E-state index contributed by atoms with van der Waals surface area (Å²) in [5, 5.41) is 7.41. The van der Waals surface area contributed by atoms with Crippen molar-refractivity contribution in [1.29, 1.82) is 0 Å². The summed E-state index contributed by atoms with van der Waals surface area (Å²) < 4.78 is 0. The molecule has 0 unspecified atom stereocenters. The zero-order chi connectivity index (χ0) is 15.2. The number of hydrogen-bond acceptors (Lipinski definition) is 3. The molecule has 1 aliphatic heterocycles. The van der Waals surface area contributed by atoms with Crippen LogP contribution in [0.2, 0.25) is 5.02 Å². The van der Waals surface area contributed by atoms with Crippen LogP contribution in [0.5, 0.6) is 0 Å². The summed E-state index contributed by atoms with van der Waals surface area (Å²) in [5.41, 5.74) is 2.34. The number of piperazine rings is 1. The lowest BCUT2D eigenvalue weighted by Crippen LogP contribution is -2.43. The fourth-order valence-corrected chi connectivity index (χ4v) is 2.76. The van der Waals surface area contributed by atoms with Gasteiger partial charge in [0.2, 0.25) is 0 Å². The Balaban J connectivity index is 0.00000192. The Bertz CT molecular complexity index is 623. The Labute approximate surface area is 149 Å². The van der Waals surface area contributed by atoms with Crippen LogP contribution < -0.4 is 0 Å². The minimum atomic E-state index is 0. The van der Waals surface area contributed by atoms with Gasteiger partial charge in [0.15, 0.2) is 0 Å². The average molecular weight is 350 g/mol. The molecule has 3 nitrogen and oxygen atoms in total. The predicted molar refractivity (Wildman–Crippen MR) is 99.6 cm³/mol. The molecular weight excluding hydrogens is 329 g/mol. The minimum Gasteiger partial charge on any atom is -0.295 e. The molecular formula is C18H21Cl2N3. The van der Waals surface area contributed by atoms with Crippen LogP contribution in [0.4, 0.5) is 0 Å². The fourth-order valence-electron chi connectivity index (χ4n) is 2.58. The predicted octanol–water partition coefficient (Wildman–Crippen LogP) is 3.91. The Kier molecular flexibility index (Phi) is 6.90. The van der Waals surface area contributed by atoms with Crippen molar-refractivity contribution in [2.24, 2.45) is 5.10 Å². The molecule has 0 aromatic heterocycles. The monoisotopic (exact) mass is 349 g/mol. The highest BCUT2D eigenvalue weighted by molar-refractivity contribution is 6.33. The average Bonchev–Trinajstić information content (AvgIpc) is 2.56. The molecule has 0 saturated carbocycles. The number of halogens is 2. The van der Waals surface area contributed by atoms with E-state index >= 15 is 0 Å². The highest BCUT2D eigenvalue weighted by Gasteiger charge is 2.15. The normalized spacial score (nSPS) is 15.6. The fraction of sp³-hybridized carbons (Fsp3) is 0.278. The van der Waals surface area contributed by atoms with Gasteiger partial charge in [0.1, 0.15) is 0 Å². The van der Waals surface area contributed by atoms with Crippen molar-refractivity contribution in [3.8, 4) is 0 Å². The van der Waals surface area contributed by atoms with E-state index in [1.807, 2.05) is 30.5 Å². The summed E-state index contributed by atoms with van der Waals surface area (Å²) in [7, 11) is 0. The van der Waals surface area contributed by atoms with E-state index in [0.29, 0.717) is 0 Å². The van der Waals surface area contributed by atoms with Crippen molar-refractivity contribution in [2.45, 2.75) is 6.54 Å². The second kappa shape index (κ2) is 8.92. The smallest absolute Gasteiger partial charge is 0.0557 e.